The first-order valence-corrected chi connectivity index (χ1v) is 5.92. The molecule has 0 bridgehead atoms. The molecule has 1 unspecified atom stereocenters. The van der Waals surface area contributed by atoms with Gasteiger partial charge in [-0.3, -0.25) is 4.79 Å². The normalized spacial score (nSPS) is 21.8. The average molecular weight is 289 g/mol. The van der Waals surface area contributed by atoms with Gasteiger partial charge in [-0.15, -0.1) is 12.4 Å². The van der Waals surface area contributed by atoms with E-state index in [1.807, 2.05) is 0 Å². The highest BCUT2D eigenvalue weighted by Crippen LogP contribution is 2.12. The van der Waals surface area contributed by atoms with E-state index in [1.54, 1.807) is 20.1 Å². The number of amides is 1. The summed E-state index contributed by atoms with van der Waals surface area (Å²) in [5.74, 6) is -0.665. The smallest absolute Gasteiger partial charge is 0.252 e. The maximum atomic E-state index is 13.1. The number of nitrogens with one attached hydrogen (secondary N) is 2. The Morgan fingerprint density at radius 1 is 1.47 bits per heavy atom. The Labute approximate surface area is 118 Å². The molecule has 0 spiro atoms. The van der Waals surface area contributed by atoms with Gasteiger partial charge in [-0.05, 0) is 24.6 Å². The van der Waals surface area contributed by atoms with Crippen LogP contribution < -0.4 is 10.6 Å². The van der Waals surface area contributed by atoms with E-state index in [2.05, 4.69) is 10.6 Å². The fraction of sp³-hybridized carbons (Fsp3) is 0.462. The maximum Gasteiger partial charge on any atom is 0.252 e. The lowest BCUT2D eigenvalue weighted by Crippen LogP contribution is -2.43. The van der Waals surface area contributed by atoms with Crippen molar-refractivity contribution in [3.05, 3.63) is 35.1 Å². The predicted octanol–water partition coefficient (Wildman–Crippen LogP) is 1.27. The molecule has 1 heterocycles. The Morgan fingerprint density at radius 3 is 2.89 bits per heavy atom. The van der Waals surface area contributed by atoms with Crippen LogP contribution in [0.25, 0.3) is 0 Å². The zero-order valence-corrected chi connectivity index (χ0v) is 11.7. The van der Waals surface area contributed by atoms with E-state index >= 15 is 0 Å². The SMILES string of the molecule is CO[C@H]1CNCC1NC(=O)c1cc(F)ccc1C.Cl. The summed E-state index contributed by atoms with van der Waals surface area (Å²) in [7, 11) is 1.62. The van der Waals surface area contributed by atoms with Crippen molar-refractivity contribution in [2.75, 3.05) is 20.2 Å². The molecule has 0 radical (unpaired) electrons. The Balaban J connectivity index is 0.00000180. The van der Waals surface area contributed by atoms with Gasteiger partial charge in [0.05, 0.1) is 12.1 Å². The van der Waals surface area contributed by atoms with Crippen LogP contribution >= 0.6 is 12.4 Å². The molecule has 1 saturated heterocycles. The summed E-state index contributed by atoms with van der Waals surface area (Å²) in [4.78, 5) is 12.1. The van der Waals surface area contributed by atoms with E-state index in [4.69, 9.17) is 4.74 Å². The van der Waals surface area contributed by atoms with E-state index in [0.29, 0.717) is 18.7 Å². The minimum absolute atomic E-state index is 0. The summed E-state index contributed by atoms with van der Waals surface area (Å²) in [6.45, 7) is 3.16. The summed E-state index contributed by atoms with van der Waals surface area (Å²) in [6, 6.07) is 4.13. The molecule has 4 nitrogen and oxygen atoms in total. The largest absolute Gasteiger partial charge is 0.378 e. The van der Waals surface area contributed by atoms with Crippen LogP contribution in [-0.2, 0) is 4.74 Å². The summed E-state index contributed by atoms with van der Waals surface area (Å²) >= 11 is 0. The lowest BCUT2D eigenvalue weighted by molar-refractivity contribution is 0.0779. The van der Waals surface area contributed by atoms with Crippen LogP contribution in [-0.4, -0.2) is 38.3 Å². The van der Waals surface area contributed by atoms with Crippen LogP contribution in [0.15, 0.2) is 18.2 Å². The van der Waals surface area contributed by atoms with Gasteiger partial charge in [-0.25, -0.2) is 4.39 Å². The number of benzene rings is 1. The van der Waals surface area contributed by atoms with Crippen LogP contribution in [0.1, 0.15) is 15.9 Å². The first kappa shape index (κ1) is 15.9. The second-order valence-electron chi connectivity index (χ2n) is 4.47. The van der Waals surface area contributed by atoms with Gasteiger partial charge in [0.2, 0.25) is 0 Å². The topological polar surface area (TPSA) is 50.4 Å². The molecule has 0 saturated carbocycles. The van der Waals surface area contributed by atoms with Crippen LogP contribution in [0.3, 0.4) is 0 Å². The lowest BCUT2D eigenvalue weighted by atomic mass is 10.1. The van der Waals surface area contributed by atoms with Crippen LogP contribution in [0.4, 0.5) is 4.39 Å². The summed E-state index contributed by atoms with van der Waals surface area (Å²) < 4.78 is 18.4. The molecule has 2 rings (SSSR count). The fourth-order valence-corrected chi connectivity index (χ4v) is 2.13. The Kier molecular flexibility index (Phi) is 5.72. The molecule has 1 aromatic rings. The Hall–Kier alpha value is -1.17. The molecule has 1 fully saturated rings. The number of halogens is 2. The number of hydrogen-bond acceptors (Lipinski definition) is 3. The number of carbonyl (C=O) groups is 1. The molecule has 1 amide bonds. The zero-order valence-electron chi connectivity index (χ0n) is 10.9. The van der Waals surface area contributed by atoms with Crippen molar-refractivity contribution >= 4 is 18.3 Å². The third-order valence-corrected chi connectivity index (χ3v) is 3.22. The second-order valence-corrected chi connectivity index (χ2v) is 4.47. The van der Waals surface area contributed by atoms with Crippen molar-refractivity contribution in [3.8, 4) is 0 Å². The van der Waals surface area contributed by atoms with Gasteiger partial charge < -0.3 is 15.4 Å². The highest BCUT2D eigenvalue weighted by molar-refractivity contribution is 5.95. The van der Waals surface area contributed by atoms with E-state index < -0.39 is 5.82 Å². The molecule has 19 heavy (non-hydrogen) atoms. The Bertz CT molecular complexity index is 456. The molecule has 1 aliphatic rings. The first-order chi connectivity index (χ1) is 8.61. The number of carbonyl (C=O) groups excluding carboxylic acids is 1. The molecule has 1 aromatic carbocycles. The molecule has 6 heteroatoms. The minimum atomic E-state index is -0.404. The molecule has 1 aliphatic heterocycles. The van der Waals surface area contributed by atoms with Gasteiger partial charge in [-0.1, -0.05) is 6.07 Å². The van der Waals surface area contributed by atoms with Gasteiger partial charge in [0.15, 0.2) is 0 Å². The number of rotatable bonds is 3. The van der Waals surface area contributed by atoms with E-state index in [1.165, 1.54) is 12.1 Å². The molecular formula is C13H18ClFN2O2. The van der Waals surface area contributed by atoms with Crippen LogP contribution in [0, 0.1) is 12.7 Å². The summed E-state index contributed by atoms with van der Waals surface area (Å²) in [5, 5.41) is 6.01. The van der Waals surface area contributed by atoms with Gasteiger partial charge in [0.1, 0.15) is 5.82 Å². The number of aryl methyl sites for hydroxylation is 1. The van der Waals surface area contributed by atoms with Crippen molar-refractivity contribution in [1.29, 1.82) is 0 Å². The van der Waals surface area contributed by atoms with Gasteiger partial charge in [-0.2, -0.15) is 0 Å². The predicted molar refractivity (Wildman–Crippen MR) is 73.3 cm³/mol. The minimum Gasteiger partial charge on any atom is -0.378 e. The monoisotopic (exact) mass is 288 g/mol. The van der Waals surface area contributed by atoms with Gasteiger partial charge >= 0.3 is 0 Å². The van der Waals surface area contributed by atoms with Crippen LogP contribution in [0.5, 0.6) is 0 Å². The highest BCUT2D eigenvalue weighted by atomic mass is 35.5. The molecule has 0 aromatic heterocycles. The van der Waals surface area contributed by atoms with Crippen molar-refractivity contribution in [1.82, 2.24) is 10.6 Å². The molecule has 2 N–H and O–H groups in total. The quantitative estimate of drug-likeness (QED) is 0.881. The molecule has 0 aliphatic carbocycles. The van der Waals surface area contributed by atoms with E-state index in [9.17, 15) is 9.18 Å². The fourth-order valence-electron chi connectivity index (χ4n) is 2.13. The first-order valence-electron chi connectivity index (χ1n) is 5.92. The van der Waals surface area contributed by atoms with E-state index in [0.717, 1.165) is 5.56 Å². The summed E-state index contributed by atoms with van der Waals surface area (Å²) in [6.07, 6.45) is -0.0391. The third kappa shape index (κ3) is 3.65. The Morgan fingerprint density at radius 2 is 2.21 bits per heavy atom. The maximum absolute atomic E-state index is 13.1. The average Bonchev–Trinajstić information content (AvgIpc) is 2.79. The molecule has 2 atom stereocenters. The van der Waals surface area contributed by atoms with Gasteiger partial charge in [0, 0.05) is 25.8 Å². The molecular weight excluding hydrogens is 271 g/mol. The standard InChI is InChI=1S/C13H17FN2O2.ClH/c1-8-3-4-9(14)5-10(8)13(17)16-11-6-15-7-12(11)18-2;/h3-5,11-12,15H,6-7H2,1-2H3,(H,16,17);1H/t11?,12-;/m0./s1. The highest BCUT2D eigenvalue weighted by Gasteiger charge is 2.28. The number of hydrogen-bond donors (Lipinski definition) is 2. The summed E-state index contributed by atoms with van der Waals surface area (Å²) in [5.41, 5.74) is 1.13. The second kappa shape index (κ2) is 6.84. The van der Waals surface area contributed by atoms with Crippen LogP contribution in [0.2, 0.25) is 0 Å². The van der Waals surface area contributed by atoms with Crippen molar-refractivity contribution < 1.29 is 13.9 Å². The number of ether oxygens (including phenoxy) is 1. The third-order valence-electron chi connectivity index (χ3n) is 3.22. The van der Waals surface area contributed by atoms with Crippen molar-refractivity contribution in [2.24, 2.45) is 0 Å². The lowest BCUT2D eigenvalue weighted by Gasteiger charge is -2.19. The zero-order chi connectivity index (χ0) is 13.1. The molecule has 106 valence electrons. The van der Waals surface area contributed by atoms with Gasteiger partial charge in [0.25, 0.3) is 5.91 Å². The van der Waals surface area contributed by atoms with Crippen molar-refractivity contribution in [2.45, 2.75) is 19.1 Å². The number of methoxy groups -OCH3 is 1. The van der Waals surface area contributed by atoms with E-state index in [-0.39, 0.29) is 30.5 Å². The van der Waals surface area contributed by atoms with Crippen molar-refractivity contribution in [3.63, 3.8) is 0 Å².